The number of carboxylic acid groups (broad SMARTS) is 2. The first-order valence-corrected chi connectivity index (χ1v) is 15.5. The largest absolute Gasteiger partial charge is 0.478 e. The average Bonchev–Trinajstić information content (AvgIpc) is 3.54. The van der Waals surface area contributed by atoms with Crippen LogP contribution in [0.25, 0.3) is 10.2 Å². The van der Waals surface area contributed by atoms with Gasteiger partial charge >= 0.3 is 11.9 Å². The number of hydrogen-bond donors (Lipinski definition) is 4. The SMILES string of the molecule is C[C@H](O/N=C(\C(=O)NC1C(=O)N2C(C(=O)O)=C(CSc3nc4cc[n+](C)cc4s3)CS[C@@H]12)c1csc(N)n1)C(=O)O. The number of oxime groups is 1. The molecule has 41 heavy (non-hydrogen) atoms. The van der Waals surface area contributed by atoms with Crippen molar-refractivity contribution >= 4 is 91.0 Å². The minimum atomic E-state index is -1.35. The summed E-state index contributed by atoms with van der Waals surface area (Å²) in [5.41, 5.74) is 6.65. The van der Waals surface area contributed by atoms with Crippen molar-refractivity contribution in [3.63, 3.8) is 0 Å². The number of nitrogens with two attached hydrogens (primary N) is 1. The number of aryl methyl sites for hydroxylation is 1. The molecule has 14 nitrogen and oxygen atoms in total. The molecule has 1 unspecified atom stereocenters. The van der Waals surface area contributed by atoms with Crippen LogP contribution in [0.4, 0.5) is 5.13 Å². The minimum Gasteiger partial charge on any atom is -0.478 e. The van der Waals surface area contributed by atoms with Gasteiger partial charge < -0.3 is 26.1 Å². The Morgan fingerprint density at radius 2 is 2.15 bits per heavy atom. The van der Waals surface area contributed by atoms with Crippen molar-refractivity contribution < 1.29 is 38.8 Å². The number of nitrogens with zero attached hydrogens (tertiary/aromatic N) is 5. The lowest BCUT2D eigenvalue weighted by atomic mass is 10.0. The van der Waals surface area contributed by atoms with Gasteiger partial charge in [0.15, 0.2) is 27.6 Å². The van der Waals surface area contributed by atoms with E-state index in [4.69, 9.17) is 15.7 Å². The van der Waals surface area contributed by atoms with Crippen molar-refractivity contribution in [3.05, 3.63) is 40.8 Å². The van der Waals surface area contributed by atoms with Gasteiger partial charge in [0, 0.05) is 23.0 Å². The summed E-state index contributed by atoms with van der Waals surface area (Å²) in [7, 11) is 1.92. The number of aliphatic carboxylic acids is 2. The van der Waals surface area contributed by atoms with Crippen LogP contribution in [0, 0.1) is 0 Å². The Balaban J connectivity index is 1.31. The van der Waals surface area contributed by atoms with E-state index >= 15 is 0 Å². The molecule has 5 heterocycles. The summed E-state index contributed by atoms with van der Waals surface area (Å²) < 4.78 is 3.71. The highest BCUT2D eigenvalue weighted by molar-refractivity contribution is 8.02. The number of thiazole rings is 2. The zero-order chi connectivity index (χ0) is 29.4. The van der Waals surface area contributed by atoms with Crippen LogP contribution in [-0.2, 0) is 31.1 Å². The molecule has 0 radical (unpaired) electrons. The monoisotopic (exact) mass is 636 g/mol. The molecule has 0 spiro atoms. The minimum absolute atomic E-state index is 0.0385. The fourth-order valence-corrected chi connectivity index (χ4v) is 8.12. The van der Waals surface area contributed by atoms with Gasteiger partial charge in [-0.3, -0.25) is 14.5 Å². The molecule has 3 aromatic heterocycles. The number of amides is 2. The summed E-state index contributed by atoms with van der Waals surface area (Å²) in [5, 5.41) is 26.2. The maximum atomic E-state index is 13.1. The summed E-state index contributed by atoms with van der Waals surface area (Å²) in [4.78, 5) is 64.3. The second-order valence-electron chi connectivity index (χ2n) is 8.84. The van der Waals surface area contributed by atoms with Crippen LogP contribution in [0.3, 0.4) is 0 Å². The molecule has 2 aliphatic rings. The number of thioether (sulfide) groups is 2. The Morgan fingerprint density at radius 1 is 1.37 bits per heavy atom. The van der Waals surface area contributed by atoms with Crippen molar-refractivity contribution in [1.82, 2.24) is 20.2 Å². The van der Waals surface area contributed by atoms with Crippen LogP contribution < -0.4 is 15.6 Å². The van der Waals surface area contributed by atoms with Gasteiger partial charge in [-0.2, -0.15) is 0 Å². The van der Waals surface area contributed by atoms with Crippen molar-refractivity contribution in [1.29, 1.82) is 0 Å². The summed E-state index contributed by atoms with van der Waals surface area (Å²) in [5.74, 6) is -3.32. The van der Waals surface area contributed by atoms with Crippen LogP contribution in [0.2, 0.25) is 0 Å². The molecule has 2 aliphatic heterocycles. The first-order valence-electron chi connectivity index (χ1n) is 11.8. The van der Waals surface area contributed by atoms with E-state index in [1.54, 1.807) is 0 Å². The van der Waals surface area contributed by atoms with E-state index in [1.165, 1.54) is 52.1 Å². The third-order valence-electron chi connectivity index (χ3n) is 5.99. The van der Waals surface area contributed by atoms with Gasteiger partial charge in [-0.05, 0) is 12.5 Å². The van der Waals surface area contributed by atoms with Crippen molar-refractivity contribution in [2.24, 2.45) is 12.2 Å². The predicted octanol–water partition coefficient (Wildman–Crippen LogP) is 0.884. The highest BCUT2D eigenvalue weighted by Crippen LogP contribution is 2.42. The third kappa shape index (κ3) is 5.85. The zero-order valence-electron chi connectivity index (χ0n) is 21.3. The lowest BCUT2D eigenvalue weighted by Crippen LogP contribution is -2.71. The Kier molecular flexibility index (Phi) is 8.16. The van der Waals surface area contributed by atoms with Crippen LogP contribution in [0.5, 0.6) is 0 Å². The van der Waals surface area contributed by atoms with Gasteiger partial charge in [-0.15, -0.1) is 34.4 Å². The number of hydrogen-bond acceptors (Lipinski definition) is 13. The lowest BCUT2D eigenvalue weighted by molar-refractivity contribution is -0.670. The van der Waals surface area contributed by atoms with E-state index in [1.807, 2.05) is 30.1 Å². The average molecular weight is 637 g/mol. The van der Waals surface area contributed by atoms with E-state index in [0.29, 0.717) is 17.1 Å². The number of nitrogens with one attached hydrogen (secondary N) is 1. The number of carbonyl (C=O) groups excluding carboxylic acids is 2. The van der Waals surface area contributed by atoms with Gasteiger partial charge in [0.05, 0.1) is 5.52 Å². The first kappa shape index (κ1) is 28.8. The molecular weight excluding hydrogens is 615 g/mol. The maximum absolute atomic E-state index is 13.1. The van der Waals surface area contributed by atoms with Crippen LogP contribution >= 0.6 is 46.2 Å². The quantitative estimate of drug-likeness (QED) is 0.0806. The molecule has 0 bridgehead atoms. The molecule has 0 aromatic carbocycles. The molecule has 18 heteroatoms. The number of carboxylic acids is 2. The van der Waals surface area contributed by atoms with Gasteiger partial charge in [0.1, 0.15) is 34.6 Å². The van der Waals surface area contributed by atoms with Crippen LogP contribution in [-0.4, -0.2) is 83.6 Å². The van der Waals surface area contributed by atoms with E-state index in [-0.39, 0.29) is 22.2 Å². The van der Waals surface area contributed by atoms with Gasteiger partial charge in [0.25, 0.3) is 11.8 Å². The maximum Gasteiger partial charge on any atom is 0.352 e. The highest BCUT2D eigenvalue weighted by atomic mass is 32.2. The summed E-state index contributed by atoms with van der Waals surface area (Å²) in [6.07, 6.45) is 2.51. The lowest BCUT2D eigenvalue weighted by Gasteiger charge is -2.49. The summed E-state index contributed by atoms with van der Waals surface area (Å²) >= 11 is 5.26. The molecule has 2 amide bonds. The predicted molar refractivity (Wildman–Crippen MR) is 152 cm³/mol. The number of anilines is 1. The Morgan fingerprint density at radius 3 is 2.83 bits per heavy atom. The molecule has 0 saturated carbocycles. The molecule has 5 N–H and O–H groups in total. The topological polar surface area (TPSA) is 201 Å². The number of pyridine rings is 1. The van der Waals surface area contributed by atoms with Crippen molar-refractivity contribution in [2.75, 3.05) is 17.2 Å². The zero-order valence-corrected chi connectivity index (χ0v) is 24.6. The first-order chi connectivity index (χ1) is 19.5. The smallest absolute Gasteiger partial charge is 0.352 e. The van der Waals surface area contributed by atoms with Crippen LogP contribution in [0.1, 0.15) is 12.6 Å². The molecule has 3 atom stereocenters. The molecular formula is C23H22N7O7S4+. The molecule has 1 saturated heterocycles. The second kappa shape index (κ2) is 11.6. The van der Waals surface area contributed by atoms with Gasteiger partial charge in [0.2, 0.25) is 6.10 Å². The third-order valence-corrected chi connectivity index (χ3v) is 10.2. The molecule has 5 rings (SSSR count). The fourth-order valence-electron chi connectivity index (χ4n) is 3.94. The highest BCUT2D eigenvalue weighted by Gasteiger charge is 2.54. The number of rotatable bonds is 10. The molecule has 214 valence electrons. The number of β-lactam (4-membered cyclic amide) rings is 1. The Labute approximate surface area is 248 Å². The number of fused-ring (bicyclic) bond motifs is 2. The Hall–Kier alpha value is -3.74. The van der Waals surface area contributed by atoms with Crippen molar-refractivity contribution in [2.45, 2.75) is 28.8 Å². The van der Waals surface area contributed by atoms with Gasteiger partial charge in [-0.25, -0.2) is 24.1 Å². The number of aromatic nitrogens is 3. The second-order valence-corrected chi connectivity index (χ2v) is 13.1. The molecule has 0 aliphatic carbocycles. The molecule has 3 aromatic rings. The molecule has 1 fully saturated rings. The summed E-state index contributed by atoms with van der Waals surface area (Å²) in [6, 6.07) is 0.865. The van der Waals surface area contributed by atoms with E-state index < -0.39 is 41.3 Å². The Bertz CT molecular complexity index is 1630. The number of nitrogen functional groups attached to an aromatic ring is 1. The fraction of sp³-hybridized carbons (Fsp3) is 0.304. The number of carbonyl (C=O) groups is 4. The van der Waals surface area contributed by atoms with Gasteiger partial charge in [-0.1, -0.05) is 16.9 Å². The summed E-state index contributed by atoms with van der Waals surface area (Å²) in [6.45, 7) is 1.23. The van der Waals surface area contributed by atoms with E-state index in [2.05, 4.69) is 20.4 Å². The standard InChI is InChI=1S/C23H21N7O7S4/c1-9(20(33)34)37-28-14(12-8-39-22(24)25-12)17(31)27-15-18(32)30-16(21(35)36)10(6-38-19(15)30)7-40-23-26-11-3-4-29(2)5-13(11)41-23/h3-5,8-9,15,19H,6-7H2,1-2H3,(H4-,24,25,27,31,33,34,35,36)/p+1/b28-14-/t9-,15?,19-/m0/s1. The van der Waals surface area contributed by atoms with Crippen LogP contribution in [0.15, 0.2) is 44.6 Å². The van der Waals surface area contributed by atoms with E-state index in [0.717, 1.165) is 25.9 Å². The normalized spacial score (nSPS) is 19.5. The van der Waals surface area contributed by atoms with E-state index in [9.17, 15) is 24.3 Å². The van der Waals surface area contributed by atoms with Crippen molar-refractivity contribution in [3.8, 4) is 0 Å².